The molecule has 0 spiro atoms. The molecule has 1 aromatic carbocycles. The number of ether oxygens (including phenoxy) is 1. The Morgan fingerprint density at radius 2 is 2.13 bits per heavy atom. The summed E-state index contributed by atoms with van der Waals surface area (Å²) in [7, 11) is 1.68. The van der Waals surface area contributed by atoms with Gasteiger partial charge in [-0.05, 0) is 69.8 Å². The van der Waals surface area contributed by atoms with Gasteiger partial charge in [-0.3, -0.25) is 4.79 Å². The van der Waals surface area contributed by atoms with Gasteiger partial charge in [0, 0.05) is 19.0 Å². The normalized spacial score (nSPS) is 18.7. The molecule has 1 N–H and O–H groups in total. The minimum Gasteiger partial charge on any atom is -0.497 e. The Kier molecular flexibility index (Phi) is 6.90. The Balaban J connectivity index is 1.85. The first kappa shape index (κ1) is 17.8. The maximum atomic E-state index is 12.5. The molecule has 2 rings (SSSR count). The van der Waals surface area contributed by atoms with E-state index in [1.807, 2.05) is 17.0 Å². The smallest absolute Gasteiger partial charge is 0.222 e. The summed E-state index contributed by atoms with van der Waals surface area (Å²) in [6.45, 7) is 7.16. The molecule has 1 fully saturated rings. The van der Waals surface area contributed by atoms with E-state index in [1.165, 1.54) is 12.0 Å². The van der Waals surface area contributed by atoms with Crippen molar-refractivity contribution in [1.82, 2.24) is 10.2 Å². The molecule has 128 valence electrons. The van der Waals surface area contributed by atoms with E-state index in [9.17, 15) is 4.79 Å². The lowest BCUT2D eigenvalue weighted by Crippen LogP contribution is -2.39. The van der Waals surface area contributed by atoms with Crippen molar-refractivity contribution in [1.29, 1.82) is 0 Å². The minimum atomic E-state index is 0.225. The molecule has 1 aromatic rings. The first-order valence-corrected chi connectivity index (χ1v) is 8.77. The number of methoxy groups -OCH3 is 1. The van der Waals surface area contributed by atoms with Crippen LogP contribution in [0, 0.1) is 5.92 Å². The molecule has 1 aliphatic heterocycles. The van der Waals surface area contributed by atoms with Gasteiger partial charge in [-0.15, -0.1) is 0 Å². The van der Waals surface area contributed by atoms with Crippen molar-refractivity contribution in [2.75, 3.05) is 26.7 Å². The number of likely N-dealkylation sites (N-methyl/N-ethyl adjacent to an activating group) is 1. The van der Waals surface area contributed by atoms with E-state index in [-0.39, 0.29) is 6.04 Å². The second kappa shape index (κ2) is 8.92. The number of rotatable bonds is 8. The lowest BCUT2D eigenvalue weighted by Gasteiger charge is -2.29. The van der Waals surface area contributed by atoms with Gasteiger partial charge < -0.3 is 15.0 Å². The van der Waals surface area contributed by atoms with E-state index in [4.69, 9.17) is 4.74 Å². The van der Waals surface area contributed by atoms with Crippen LogP contribution < -0.4 is 10.1 Å². The molecule has 0 radical (unpaired) electrons. The highest BCUT2D eigenvalue weighted by Crippen LogP contribution is 2.18. The van der Waals surface area contributed by atoms with Crippen molar-refractivity contribution in [2.45, 2.75) is 45.6 Å². The third-order valence-corrected chi connectivity index (χ3v) is 4.81. The third-order valence-electron chi connectivity index (χ3n) is 4.81. The Bertz CT molecular complexity index is 481. The molecule has 0 aromatic heterocycles. The number of amides is 1. The van der Waals surface area contributed by atoms with Gasteiger partial charge in [-0.1, -0.05) is 12.1 Å². The molecule has 23 heavy (non-hydrogen) atoms. The Morgan fingerprint density at radius 1 is 1.39 bits per heavy atom. The van der Waals surface area contributed by atoms with Crippen molar-refractivity contribution in [2.24, 2.45) is 5.92 Å². The van der Waals surface area contributed by atoms with Crippen molar-refractivity contribution in [3.63, 3.8) is 0 Å². The lowest BCUT2D eigenvalue weighted by atomic mass is 10.0. The predicted molar refractivity (Wildman–Crippen MR) is 93.8 cm³/mol. The fraction of sp³-hybridized carbons (Fsp3) is 0.632. The van der Waals surface area contributed by atoms with Crippen LogP contribution in [0.2, 0.25) is 0 Å². The highest BCUT2D eigenvalue weighted by molar-refractivity contribution is 5.76. The van der Waals surface area contributed by atoms with Crippen LogP contribution in [0.5, 0.6) is 5.75 Å². The summed E-state index contributed by atoms with van der Waals surface area (Å²) in [6, 6.07) is 8.35. The average molecular weight is 318 g/mol. The van der Waals surface area contributed by atoms with Gasteiger partial charge in [-0.25, -0.2) is 0 Å². The second-order valence-electron chi connectivity index (χ2n) is 6.48. The van der Waals surface area contributed by atoms with Crippen LogP contribution in [0.25, 0.3) is 0 Å². The van der Waals surface area contributed by atoms with E-state index in [0.29, 0.717) is 18.2 Å². The van der Waals surface area contributed by atoms with Crippen LogP contribution in [0.1, 0.15) is 38.7 Å². The second-order valence-corrected chi connectivity index (χ2v) is 6.48. The highest BCUT2D eigenvalue weighted by Gasteiger charge is 2.21. The van der Waals surface area contributed by atoms with Gasteiger partial charge in [0.2, 0.25) is 5.91 Å². The predicted octanol–water partition coefficient (Wildman–Crippen LogP) is 2.86. The van der Waals surface area contributed by atoms with Gasteiger partial charge in [0.1, 0.15) is 5.75 Å². The molecular weight excluding hydrogens is 288 g/mol. The van der Waals surface area contributed by atoms with E-state index >= 15 is 0 Å². The van der Waals surface area contributed by atoms with Crippen LogP contribution in [-0.2, 0) is 11.2 Å². The Morgan fingerprint density at radius 3 is 2.70 bits per heavy atom. The summed E-state index contributed by atoms with van der Waals surface area (Å²) in [6.07, 6.45) is 3.78. The van der Waals surface area contributed by atoms with Crippen LogP contribution in [0.4, 0.5) is 0 Å². The van der Waals surface area contributed by atoms with Gasteiger partial charge in [-0.2, -0.15) is 0 Å². The number of benzene rings is 1. The number of carbonyl (C=O) groups excluding carboxylic acids is 1. The molecular formula is C19H30N2O2. The number of nitrogens with zero attached hydrogens (tertiary/aromatic N) is 1. The fourth-order valence-corrected chi connectivity index (χ4v) is 3.38. The number of carbonyl (C=O) groups is 1. The molecule has 1 heterocycles. The highest BCUT2D eigenvalue weighted by atomic mass is 16.5. The Labute approximate surface area is 140 Å². The maximum absolute atomic E-state index is 12.5. The molecule has 4 nitrogen and oxygen atoms in total. The molecule has 1 aliphatic rings. The molecule has 2 atom stereocenters. The van der Waals surface area contributed by atoms with Gasteiger partial charge in [0.15, 0.2) is 0 Å². The van der Waals surface area contributed by atoms with E-state index in [2.05, 4.69) is 31.3 Å². The van der Waals surface area contributed by atoms with Crippen molar-refractivity contribution >= 4 is 5.91 Å². The largest absolute Gasteiger partial charge is 0.497 e. The van der Waals surface area contributed by atoms with Crippen LogP contribution >= 0.6 is 0 Å². The van der Waals surface area contributed by atoms with E-state index in [0.717, 1.165) is 38.2 Å². The standard InChI is InChI=1S/C19H30N2O2/c1-4-21(19(22)10-7-17-11-12-20-14-17)15(2)13-16-5-8-18(23-3)9-6-16/h5-6,8-9,15,17,20H,4,7,10-14H2,1-3H3. The summed E-state index contributed by atoms with van der Waals surface area (Å²) in [4.78, 5) is 14.6. The first-order valence-electron chi connectivity index (χ1n) is 8.77. The minimum absolute atomic E-state index is 0.225. The summed E-state index contributed by atoms with van der Waals surface area (Å²) in [5, 5.41) is 3.37. The monoisotopic (exact) mass is 318 g/mol. The fourth-order valence-electron chi connectivity index (χ4n) is 3.38. The van der Waals surface area contributed by atoms with Crippen LogP contribution in [0.15, 0.2) is 24.3 Å². The molecule has 0 aliphatic carbocycles. The SMILES string of the molecule is CCN(C(=O)CCC1CCNC1)C(C)Cc1ccc(OC)cc1. The van der Waals surface area contributed by atoms with Crippen molar-refractivity contribution < 1.29 is 9.53 Å². The van der Waals surface area contributed by atoms with Crippen LogP contribution in [0.3, 0.4) is 0 Å². The summed E-state index contributed by atoms with van der Waals surface area (Å²) < 4.78 is 5.19. The zero-order chi connectivity index (χ0) is 16.7. The molecule has 0 saturated carbocycles. The van der Waals surface area contributed by atoms with Crippen LogP contribution in [-0.4, -0.2) is 43.6 Å². The zero-order valence-electron chi connectivity index (χ0n) is 14.7. The number of hydrogen-bond acceptors (Lipinski definition) is 3. The molecule has 0 bridgehead atoms. The molecule has 1 saturated heterocycles. The first-order chi connectivity index (χ1) is 11.1. The number of nitrogens with one attached hydrogen (secondary N) is 1. The maximum Gasteiger partial charge on any atom is 0.222 e. The van der Waals surface area contributed by atoms with Gasteiger partial charge in [0.25, 0.3) is 0 Å². The van der Waals surface area contributed by atoms with Crippen molar-refractivity contribution in [3.05, 3.63) is 29.8 Å². The summed E-state index contributed by atoms with van der Waals surface area (Å²) >= 11 is 0. The Hall–Kier alpha value is -1.55. The van der Waals surface area contributed by atoms with Crippen molar-refractivity contribution in [3.8, 4) is 5.75 Å². The van der Waals surface area contributed by atoms with Gasteiger partial charge >= 0.3 is 0 Å². The topological polar surface area (TPSA) is 41.6 Å². The molecule has 1 amide bonds. The quantitative estimate of drug-likeness (QED) is 0.801. The van der Waals surface area contributed by atoms with E-state index in [1.54, 1.807) is 7.11 Å². The summed E-state index contributed by atoms with van der Waals surface area (Å²) in [5.41, 5.74) is 1.24. The summed E-state index contributed by atoms with van der Waals surface area (Å²) in [5.74, 6) is 1.84. The lowest BCUT2D eigenvalue weighted by molar-refractivity contribution is -0.133. The van der Waals surface area contributed by atoms with Gasteiger partial charge in [0.05, 0.1) is 7.11 Å². The zero-order valence-corrected chi connectivity index (χ0v) is 14.7. The average Bonchev–Trinajstić information content (AvgIpc) is 3.08. The number of hydrogen-bond donors (Lipinski definition) is 1. The molecule has 2 unspecified atom stereocenters. The molecule has 4 heteroatoms. The van der Waals surface area contributed by atoms with E-state index < -0.39 is 0 Å². The third kappa shape index (κ3) is 5.24.